The normalized spacial score (nSPS) is 12.4. The van der Waals surface area contributed by atoms with E-state index >= 15 is 0 Å². The standard InChI is InChI=1S/C18H23NO2/c1-14(2)21-18-11-7-6-10-16(18)12-19-13-17(20)15-8-4-3-5-9-15/h3-11,14,17,19-20H,12-13H2,1-2H3/t17-/m1/s1. The molecule has 21 heavy (non-hydrogen) atoms. The van der Waals surface area contributed by atoms with Crippen LogP contribution < -0.4 is 10.1 Å². The molecule has 0 aliphatic rings. The van der Waals surface area contributed by atoms with Gasteiger partial charge in [-0.1, -0.05) is 48.5 Å². The number of ether oxygens (including phenoxy) is 1. The second-order valence-electron chi connectivity index (χ2n) is 5.33. The average Bonchev–Trinajstić information content (AvgIpc) is 2.49. The Bertz CT molecular complexity index is 540. The number of aliphatic hydroxyl groups is 1. The van der Waals surface area contributed by atoms with Crippen molar-refractivity contribution >= 4 is 0 Å². The van der Waals surface area contributed by atoms with Gasteiger partial charge in [0.15, 0.2) is 0 Å². The first-order valence-corrected chi connectivity index (χ1v) is 7.35. The van der Waals surface area contributed by atoms with E-state index in [-0.39, 0.29) is 6.10 Å². The summed E-state index contributed by atoms with van der Waals surface area (Å²) in [6.07, 6.45) is -0.342. The predicted molar refractivity (Wildman–Crippen MR) is 85.3 cm³/mol. The number of para-hydroxylation sites is 1. The highest BCUT2D eigenvalue weighted by Gasteiger charge is 2.08. The summed E-state index contributed by atoms with van der Waals surface area (Å²) < 4.78 is 5.78. The van der Waals surface area contributed by atoms with Gasteiger partial charge in [0.1, 0.15) is 5.75 Å². The molecule has 0 fully saturated rings. The molecule has 1 atom stereocenters. The lowest BCUT2D eigenvalue weighted by molar-refractivity contribution is 0.174. The van der Waals surface area contributed by atoms with Gasteiger partial charge in [-0.2, -0.15) is 0 Å². The van der Waals surface area contributed by atoms with Crippen molar-refractivity contribution in [3.05, 3.63) is 65.7 Å². The van der Waals surface area contributed by atoms with Crippen LogP contribution >= 0.6 is 0 Å². The molecule has 2 rings (SSSR count). The highest BCUT2D eigenvalue weighted by molar-refractivity contribution is 5.33. The number of nitrogens with one attached hydrogen (secondary N) is 1. The van der Waals surface area contributed by atoms with Crippen molar-refractivity contribution in [3.63, 3.8) is 0 Å². The van der Waals surface area contributed by atoms with E-state index in [1.54, 1.807) is 0 Å². The molecule has 2 aromatic rings. The summed E-state index contributed by atoms with van der Waals surface area (Å²) >= 11 is 0. The van der Waals surface area contributed by atoms with Crippen molar-refractivity contribution in [2.45, 2.75) is 32.6 Å². The average molecular weight is 285 g/mol. The topological polar surface area (TPSA) is 41.5 Å². The van der Waals surface area contributed by atoms with Crippen LogP contribution in [0.15, 0.2) is 54.6 Å². The lowest BCUT2D eigenvalue weighted by Gasteiger charge is -2.16. The van der Waals surface area contributed by atoms with E-state index in [0.717, 1.165) is 16.9 Å². The Morgan fingerprint density at radius 1 is 1.00 bits per heavy atom. The molecular weight excluding hydrogens is 262 g/mol. The van der Waals surface area contributed by atoms with Gasteiger partial charge in [0, 0.05) is 18.7 Å². The minimum atomic E-state index is -0.496. The van der Waals surface area contributed by atoms with Crippen molar-refractivity contribution in [3.8, 4) is 5.75 Å². The summed E-state index contributed by atoms with van der Waals surface area (Å²) in [6.45, 7) is 5.22. The van der Waals surface area contributed by atoms with Crippen LogP contribution in [0, 0.1) is 0 Å². The first-order chi connectivity index (χ1) is 10.2. The van der Waals surface area contributed by atoms with Crippen LogP contribution in [0.25, 0.3) is 0 Å². The molecule has 0 radical (unpaired) electrons. The molecule has 0 aliphatic heterocycles. The van der Waals surface area contributed by atoms with E-state index in [1.165, 1.54) is 0 Å². The Morgan fingerprint density at radius 2 is 1.67 bits per heavy atom. The molecule has 112 valence electrons. The van der Waals surface area contributed by atoms with Gasteiger partial charge >= 0.3 is 0 Å². The fraction of sp³-hybridized carbons (Fsp3) is 0.333. The Hall–Kier alpha value is -1.84. The van der Waals surface area contributed by atoms with Gasteiger partial charge in [0.25, 0.3) is 0 Å². The Balaban J connectivity index is 1.89. The SMILES string of the molecule is CC(C)Oc1ccccc1CNC[C@@H](O)c1ccccc1. The van der Waals surface area contributed by atoms with Crippen molar-refractivity contribution in [2.24, 2.45) is 0 Å². The summed E-state index contributed by atoms with van der Waals surface area (Å²) in [7, 11) is 0. The third kappa shape index (κ3) is 4.88. The van der Waals surface area contributed by atoms with Gasteiger partial charge in [0.05, 0.1) is 12.2 Å². The Labute approximate surface area is 126 Å². The maximum absolute atomic E-state index is 10.1. The predicted octanol–water partition coefficient (Wildman–Crippen LogP) is 3.30. The van der Waals surface area contributed by atoms with Gasteiger partial charge in [-0.3, -0.25) is 0 Å². The summed E-state index contributed by atoms with van der Waals surface area (Å²) in [5.74, 6) is 0.897. The van der Waals surface area contributed by atoms with E-state index < -0.39 is 6.10 Å². The second-order valence-corrected chi connectivity index (χ2v) is 5.33. The highest BCUT2D eigenvalue weighted by Crippen LogP contribution is 2.19. The zero-order chi connectivity index (χ0) is 15.1. The Morgan fingerprint density at radius 3 is 2.38 bits per heavy atom. The van der Waals surface area contributed by atoms with Crippen LogP contribution in [0.5, 0.6) is 5.75 Å². The molecule has 2 N–H and O–H groups in total. The third-order valence-corrected chi connectivity index (χ3v) is 3.17. The summed E-state index contributed by atoms with van der Waals surface area (Å²) in [5.41, 5.74) is 2.03. The third-order valence-electron chi connectivity index (χ3n) is 3.17. The van der Waals surface area contributed by atoms with Crippen molar-refractivity contribution in [1.29, 1.82) is 0 Å². The maximum atomic E-state index is 10.1. The highest BCUT2D eigenvalue weighted by atomic mass is 16.5. The molecule has 0 saturated carbocycles. The summed E-state index contributed by atoms with van der Waals surface area (Å²) in [4.78, 5) is 0. The second kappa shape index (κ2) is 7.81. The molecule has 0 aromatic heterocycles. The van der Waals surface area contributed by atoms with E-state index in [2.05, 4.69) is 5.32 Å². The minimum absolute atomic E-state index is 0.154. The number of hydrogen-bond donors (Lipinski definition) is 2. The molecule has 0 aliphatic carbocycles. The summed E-state index contributed by atoms with van der Waals surface area (Å²) in [6, 6.07) is 17.7. The lowest BCUT2D eigenvalue weighted by Crippen LogP contribution is -2.21. The molecule has 0 amide bonds. The van der Waals surface area contributed by atoms with Gasteiger partial charge < -0.3 is 15.2 Å². The van der Waals surface area contributed by atoms with Crippen LogP contribution in [0.1, 0.15) is 31.1 Å². The molecule has 0 spiro atoms. The van der Waals surface area contributed by atoms with Crippen LogP contribution in [-0.4, -0.2) is 17.8 Å². The molecular formula is C18H23NO2. The van der Waals surface area contributed by atoms with Gasteiger partial charge in [-0.25, -0.2) is 0 Å². The number of hydrogen-bond acceptors (Lipinski definition) is 3. The molecule has 2 aromatic carbocycles. The first-order valence-electron chi connectivity index (χ1n) is 7.35. The molecule has 0 unspecified atom stereocenters. The zero-order valence-electron chi connectivity index (χ0n) is 12.6. The van der Waals surface area contributed by atoms with Gasteiger partial charge in [-0.15, -0.1) is 0 Å². The van der Waals surface area contributed by atoms with Crippen LogP contribution in [0.3, 0.4) is 0 Å². The fourth-order valence-electron chi connectivity index (χ4n) is 2.16. The van der Waals surface area contributed by atoms with E-state index in [1.807, 2.05) is 68.4 Å². The number of aliphatic hydroxyl groups excluding tert-OH is 1. The van der Waals surface area contributed by atoms with E-state index in [4.69, 9.17) is 4.74 Å². The monoisotopic (exact) mass is 285 g/mol. The maximum Gasteiger partial charge on any atom is 0.124 e. The van der Waals surface area contributed by atoms with E-state index in [0.29, 0.717) is 13.1 Å². The fourth-order valence-corrected chi connectivity index (χ4v) is 2.16. The van der Waals surface area contributed by atoms with Crippen molar-refractivity contribution in [2.75, 3.05) is 6.54 Å². The minimum Gasteiger partial charge on any atom is -0.491 e. The first kappa shape index (κ1) is 15.5. The molecule has 3 heteroatoms. The van der Waals surface area contributed by atoms with Gasteiger partial charge in [0.2, 0.25) is 0 Å². The van der Waals surface area contributed by atoms with Gasteiger partial charge in [-0.05, 0) is 25.5 Å². The smallest absolute Gasteiger partial charge is 0.124 e. The zero-order valence-corrected chi connectivity index (χ0v) is 12.6. The lowest BCUT2D eigenvalue weighted by atomic mass is 10.1. The largest absolute Gasteiger partial charge is 0.491 e. The summed E-state index contributed by atoms with van der Waals surface area (Å²) in [5, 5.41) is 13.4. The Kier molecular flexibility index (Phi) is 5.78. The quantitative estimate of drug-likeness (QED) is 0.820. The van der Waals surface area contributed by atoms with Crippen LogP contribution in [0.4, 0.5) is 0 Å². The number of rotatable bonds is 7. The van der Waals surface area contributed by atoms with Crippen molar-refractivity contribution < 1.29 is 9.84 Å². The number of benzene rings is 2. The van der Waals surface area contributed by atoms with Crippen LogP contribution in [0.2, 0.25) is 0 Å². The van der Waals surface area contributed by atoms with E-state index in [9.17, 15) is 5.11 Å². The van der Waals surface area contributed by atoms with Crippen molar-refractivity contribution in [1.82, 2.24) is 5.32 Å². The molecule has 0 heterocycles. The molecule has 3 nitrogen and oxygen atoms in total. The van der Waals surface area contributed by atoms with Crippen LogP contribution in [-0.2, 0) is 6.54 Å². The molecule has 0 bridgehead atoms. The molecule has 0 saturated heterocycles.